The third-order valence-electron chi connectivity index (χ3n) is 4.29. The fourth-order valence-electron chi connectivity index (χ4n) is 2.94. The second-order valence-corrected chi connectivity index (χ2v) is 6.07. The van der Waals surface area contributed by atoms with Crippen molar-refractivity contribution >= 4 is 5.69 Å². The molecule has 23 heavy (non-hydrogen) atoms. The first kappa shape index (κ1) is 15.4. The van der Waals surface area contributed by atoms with Gasteiger partial charge in [-0.05, 0) is 42.2 Å². The Morgan fingerprint density at radius 2 is 1.30 bits per heavy atom. The smallest absolute Gasteiger partial charge is 0.0372 e. The van der Waals surface area contributed by atoms with Crippen LogP contribution in [0.5, 0.6) is 0 Å². The van der Waals surface area contributed by atoms with Crippen molar-refractivity contribution in [1.82, 2.24) is 0 Å². The van der Waals surface area contributed by atoms with E-state index in [1.807, 2.05) is 0 Å². The fourth-order valence-corrected chi connectivity index (χ4v) is 2.94. The quantitative estimate of drug-likeness (QED) is 0.651. The molecule has 0 unspecified atom stereocenters. The molecule has 1 heteroatoms. The van der Waals surface area contributed by atoms with Gasteiger partial charge in [-0.1, -0.05) is 72.8 Å². The van der Waals surface area contributed by atoms with E-state index in [2.05, 4.69) is 98.0 Å². The molecule has 3 rings (SSSR count). The number of nitrogens with one attached hydrogen (secondary N) is 1. The molecule has 0 fully saturated rings. The first-order valence-corrected chi connectivity index (χ1v) is 8.15. The van der Waals surface area contributed by atoms with Gasteiger partial charge in [0.2, 0.25) is 0 Å². The fraction of sp³-hybridized carbons (Fsp3) is 0.182. The molecule has 0 heterocycles. The van der Waals surface area contributed by atoms with Crippen LogP contribution in [0.3, 0.4) is 0 Å². The Balaban J connectivity index is 1.86. The summed E-state index contributed by atoms with van der Waals surface area (Å²) in [5.41, 5.74) is 6.49. The molecule has 0 aliphatic heterocycles. The van der Waals surface area contributed by atoms with E-state index in [4.69, 9.17) is 0 Å². The number of benzene rings is 3. The first-order valence-electron chi connectivity index (χ1n) is 8.15. The van der Waals surface area contributed by atoms with Crippen LogP contribution in [0, 0.1) is 13.8 Å². The molecule has 3 aromatic carbocycles. The number of anilines is 1. The van der Waals surface area contributed by atoms with Gasteiger partial charge in [-0.15, -0.1) is 0 Å². The normalized spacial score (nSPS) is 10.7. The Hall–Kier alpha value is -2.54. The molecule has 116 valence electrons. The summed E-state index contributed by atoms with van der Waals surface area (Å²) in [5.74, 6) is 0.345. The van der Waals surface area contributed by atoms with Crippen molar-refractivity contribution in [2.24, 2.45) is 0 Å². The van der Waals surface area contributed by atoms with Gasteiger partial charge < -0.3 is 5.32 Å². The summed E-state index contributed by atoms with van der Waals surface area (Å²) in [7, 11) is 0. The van der Waals surface area contributed by atoms with Crippen molar-refractivity contribution in [2.45, 2.75) is 19.8 Å². The van der Waals surface area contributed by atoms with Crippen molar-refractivity contribution in [1.29, 1.82) is 0 Å². The zero-order chi connectivity index (χ0) is 16.1. The number of aryl methyl sites for hydroxylation is 2. The second kappa shape index (κ2) is 7.15. The summed E-state index contributed by atoms with van der Waals surface area (Å²) in [6, 6.07) is 28.0. The van der Waals surface area contributed by atoms with E-state index in [-0.39, 0.29) is 0 Å². The van der Waals surface area contributed by atoms with Gasteiger partial charge >= 0.3 is 0 Å². The zero-order valence-corrected chi connectivity index (χ0v) is 13.8. The third kappa shape index (κ3) is 3.81. The molecule has 0 aliphatic carbocycles. The highest BCUT2D eigenvalue weighted by molar-refractivity contribution is 5.53. The molecule has 1 N–H and O–H groups in total. The minimum Gasteiger partial charge on any atom is -0.384 e. The van der Waals surface area contributed by atoms with Gasteiger partial charge in [0.25, 0.3) is 0 Å². The standard InChI is InChI=1S/C22H23N/c1-17-13-14-18(2)22(15-17)23-16-21(19-9-5-3-6-10-19)20-11-7-4-8-12-20/h3-15,21,23H,16H2,1-2H3. The van der Waals surface area contributed by atoms with E-state index < -0.39 is 0 Å². The molecule has 0 aromatic heterocycles. The highest BCUT2D eigenvalue weighted by Gasteiger charge is 2.14. The Bertz CT molecular complexity index is 708. The molecule has 1 nitrogen and oxygen atoms in total. The Kier molecular flexibility index (Phi) is 4.77. The Morgan fingerprint density at radius 1 is 0.739 bits per heavy atom. The lowest BCUT2D eigenvalue weighted by Gasteiger charge is -2.20. The molecule has 0 aliphatic rings. The minimum atomic E-state index is 0.345. The van der Waals surface area contributed by atoms with Gasteiger partial charge in [0, 0.05) is 18.2 Å². The average Bonchev–Trinajstić information content (AvgIpc) is 2.60. The lowest BCUT2D eigenvalue weighted by Crippen LogP contribution is -2.14. The molecule has 0 saturated heterocycles. The van der Waals surface area contributed by atoms with E-state index in [0.717, 1.165) is 6.54 Å². The summed E-state index contributed by atoms with van der Waals surface area (Å²) in [6.07, 6.45) is 0. The highest BCUT2D eigenvalue weighted by Crippen LogP contribution is 2.26. The van der Waals surface area contributed by atoms with Crippen LogP contribution in [-0.2, 0) is 0 Å². The molecule has 0 atom stereocenters. The van der Waals surface area contributed by atoms with Crippen molar-refractivity contribution in [3.05, 3.63) is 101 Å². The minimum absolute atomic E-state index is 0.345. The molecule has 0 amide bonds. The van der Waals surface area contributed by atoms with Gasteiger partial charge in [0.15, 0.2) is 0 Å². The third-order valence-corrected chi connectivity index (χ3v) is 4.29. The van der Waals surface area contributed by atoms with E-state index in [1.54, 1.807) is 0 Å². The van der Waals surface area contributed by atoms with Crippen LogP contribution in [0.2, 0.25) is 0 Å². The van der Waals surface area contributed by atoms with Crippen LogP contribution >= 0.6 is 0 Å². The predicted molar refractivity (Wildman–Crippen MR) is 99.1 cm³/mol. The van der Waals surface area contributed by atoms with Crippen molar-refractivity contribution in [3.63, 3.8) is 0 Å². The zero-order valence-electron chi connectivity index (χ0n) is 13.8. The largest absolute Gasteiger partial charge is 0.384 e. The van der Waals surface area contributed by atoms with Crippen LogP contribution in [0.4, 0.5) is 5.69 Å². The molecule has 0 spiro atoms. The average molecular weight is 301 g/mol. The van der Waals surface area contributed by atoms with E-state index in [1.165, 1.54) is 27.9 Å². The molecule has 0 saturated carbocycles. The van der Waals surface area contributed by atoms with Gasteiger partial charge in [-0.3, -0.25) is 0 Å². The maximum Gasteiger partial charge on any atom is 0.0372 e. The Morgan fingerprint density at radius 3 is 1.87 bits per heavy atom. The van der Waals surface area contributed by atoms with Crippen molar-refractivity contribution < 1.29 is 0 Å². The molecule has 3 aromatic rings. The van der Waals surface area contributed by atoms with Crippen LogP contribution in [0.15, 0.2) is 78.9 Å². The van der Waals surface area contributed by atoms with Crippen LogP contribution in [0.25, 0.3) is 0 Å². The SMILES string of the molecule is Cc1ccc(C)c(NCC(c2ccccc2)c2ccccc2)c1. The maximum absolute atomic E-state index is 3.65. The van der Waals surface area contributed by atoms with Gasteiger partial charge in [0.05, 0.1) is 0 Å². The lowest BCUT2D eigenvalue weighted by atomic mass is 9.91. The predicted octanol–water partition coefficient (Wildman–Crippen LogP) is 5.55. The topological polar surface area (TPSA) is 12.0 Å². The summed E-state index contributed by atoms with van der Waals surface area (Å²) >= 11 is 0. The van der Waals surface area contributed by atoms with E-state index in [9.17, 15) is 0 Å². The summed E-state index contributed by atoms with van der Waals surface area (Å²) in [4.78, 5) is 0. The monoisotopic (exact) mass is 301 g/mol. The highest BCUT2D eigenvalue weighted by atomic mass is 14.9. The van der Waals surface area contributed by atoms with Crippen LogP contribution in [0.1, 0.15) is 28.2 Å². The summed E-state index contributed by atoms with van der Waals surface area (Å²) in [6.45, 7) is 5.18. The Labute approximate surface area is 139 Å². The first-order chi connectivity index (χ1) is 11.2. The number of rotatable bonds is 5. The van der Waals surface area contributed by atoms with Crippen molar-refractivity contribution in [3.8, 4) is 0 Å². The summed E-state index contributed by atoms with van der Waals surface area (Å²) < 4.78 is 0. The lowest BCUT2D eigenvalue weighted by molar-refractivity contribution is 0.852. The van der Waals surface area contributed by atoms with Crippen LogP contribution in [-0.4, -0.2) is 6.54 Å². The van der Waals surface area contributed by atoms with Gasteiger partial charge in [-0.2, -0.15) is 0 Å². The van der Waals surface area contributed by atoms with Gasteiger partial charge in [-0.25, -0.2) is 0 Å². The molecular formula is C22H23N. The second-order valence-electron chi connectivity index (χ2n) is 6.07. The van der Waals surface area contributed by atoms with E-state index >= 15 is 0 Å². The van der Waals surface area contributed by atoms with Gasteiger partial charge in [0.1, 0.15) is 0 Å². The number of hydrogen-bond donors (Lipinski definition) is 1. The molecular weight excluding hydrogens is 278 g/mol. The number of hydrogen-bond acceptors (Lipinski definition) is 1. The molecule has 0 radical (unpaired) electrons. The van der Waals surface area contributed by atoms with E-state index in [0.29, 0.717) is 5.92 Å². The van der Waals surface area contributed by atoms with Crippen LogP contribution < -0.4 is 5.32 Å². The maximum atomic E-state index is 3.65. The van der Waals surface area contributed by atoms with Crippen molar-refractivity contribution in [2.75, 3.05) is 11.9 Å². The molecule has 0 bridgehead atoms. The summed E-state index contributed by atoms with van der Waals surface area (Å²) in [5, 5.41) is 3.65.